The minimum Gasteiger partial charge on any atom is -0.494 e. The maximum atomic E-state index is 13.5. The number of hydrogen-bond acceptors (Lipinski definition) is 5. The zero-order valence-electron chi connectivity index (χ0n) is 16.7. The van der Waals surface area contributed by atoms with Gasteiger partial charge in [-0.25, -0.2) is 4.39 Å². The Morgan fingerprint density at radius 2 is 1.90 bits per heavy atom. The number of nitrogens with one attached hydrogen (secondary N) is 2. The molecule has 0 fully saturated rings. The number of benzene rings is 2. The summed E-state index contributed by atoms with van der Waals surface area (Å²) in [6.45, 7) is 1.69. The Labute approximate surface area is 176 Å². The molecule has 0 bridgehead atoms. The fourth-order valence-electron chi connectivity index (χ4n) is 3.16. The average Bonchev–Trinajstić information content (AvgIpc) is 3.11. The number of halogens is 1. The number of nitrogens with zero attached hydrogens (tertiary/aromatic N) is 1. The van der Waals surface area contributed by atoms with E-state index in [1.807, 2.05) is 0 Å². The highest BCUT2D eigenvalue weighted by Gasteiger charge is 2.19. The highest BCUT2D eigenvalue weighted by Crippen LogP contribution is 2.30. The zero-order chi connectivity index (χ0) is 22.0. The van der Waals surface area contributed by atoms with Crippen LogP contribution in [0.2, 0.25) is 0 Å². The van der Waals surface area contributed by atoms with Crippen molar-refractivity contribution in [3.8, 4) is 5.75 Å². The van der Waals surface area contributed by atoms with Crippen LogP contribution in [0, 0.1) is 12.7 Å². The summed E-state index contributed by atoms with van der Waals surface area (Å²) in [6.07, 6.45) is 3.03. The van der Waals surface area contributed by atoms with Crippen LogP contribution in [-0.2, 0) is 0 Å². The van der Waals surface area contributed by atoms with Gasteiger partial charge < -0.3 is 19.8 Å². The third kappa shape index (κ3) is 4.09. The molecule has 2 heterocycles. The molecule has 0 spiro atoms. The molecule has 2 aromatic carbocycles. The van der Waals surface area contributed by atoms with Gasteiger partial charge in [0.2, 0.25) is 0 Å². The Morgan fingerprint density at radius 1 is 1.06 bits per heavy atom. The van der Waals surface area contributed by atoms with E-state index in [4.69, 9.17) is 9.15 Å². The van der Waals surface area contributed by atoms with E-state index in [0.717, 1.165) is 0 Å². The van der Waals surface area contributed by atoms with Gasteiger partial charge in [-0.3, -0.25) is 14.6 Å². The highest BCUT2D eigenvalue weighted by molar-refractivity contribution is 6.07. The molecule has 4 rings (SSSR count). The molecule has 2 N–H and O–H groups in total. The Kier molecular flexibility index (Phi) is 5.36. The quantitative estimate of drug-likeness (QED) is 0.485. The summed E-state index contributed by atoms with van der Waals surface area (Å²) in [5.41, 5.74) is 2.24. The van der Waals surface area contributed by atoms with Crippen LogP contribution in [0.3, 0.4) is 0 Å². The predicted molar refractivity (Wildman–Crippen MR) is 114 cm³/mol. The van der Waals surface area contributed by atoms with Crippen LogP contribution in [0.1, 0.15) is 26.5 Å². The molecule has 2 amide bonds. The Bertz CT molecular complexity index is 1280. The van der Waals surface area contributed by atoms with Gasteiger partial charge in [-0.1, -0.05) is 0 Å². The minimum absolute atomic E-state index is 0.0912. The summed E-state index contributed by atoms with van der Waals surface area (Å²) in [5, 5.41) is 6.02. The third-order valence-corrected chi connectivity index (χ3v) is 4.74. The standard InChI is InChI=1S/C23H18FN3O4/c1-13-17-10-15(24)5-8-19(17)31-21(13)23(29)26-16-6-7-18(20(11-16)30-2)27-22(28)14-4-3-9-25-12-14/h3-12H,1-2H3,(H,26,29)(H,27,28). The predicted octanol–water partition coefficient (Wildman–Crippen LogP) is 4.79. The Morgan fingerprint density at radius 3 is 2.65 bits per heavy atom. The number of amides is 2. The van der Waals surface area contributed by atoms with Crippen molar-refractivity contribution in [1.29, 1.82) is 0 Å². The van der Waals surface area contributed by atoms with Gasteiger partial charge in [0.1, 0.15) is 17.1 Å². The maximum absolute atomic E-state index is 13.5. The lowest BCUT2D eigenvalue weighted by atomic mass is 10.1. The van der Waals surface area contributed by atoms with Crippen molar-refractivity contribution < 1.29 is 23.1 Å². The molecule has 7 nitrogen and oxygen atoms in total. The molecule has 0 saturated carbocycles. The van der Waals surface area contributed by atoms with E-state index in [9.17, 15) is 14.0 Å². The number of aromatic nitrogens is 1. The molecule has 8 heteroatoms. The Balaban J connectivity index is 1.55. The van der Waals surface area contributed by atoms with Crippen molar-refractivity contribution >= 4 is 34.2 Å². The normalized spacial score (nSPS) is 10.7. The minimum atomic E-state index is -0.483. The van der Waals surface area contributed by atoms with Crippen LogP contribution in [0.15, 0.2) is 65.3 Å². The van der Waals surface area contributed by atoms with E-state index in [-0.39, 0.29) is 11.7 Å². The average molecular weight is 419 g/mol. The molecule has 31 heavy (non-hydrogen) atoms. The van der Waals surface area contributed by atoms with Crippen molar-refractivity contribution in [3.05, 3.63) is 83.6 Å². The molecule has 0 saturated heterocycles. The van der Waals surface area contributed by atoms with Gasteiger partial charge in [-0.15, -0.1) is 0 Å². The fourth-order valence-corrected chi connectivity index (χ4v) is 3.16. The highest BCUT2D eigenvalue weighted by atomic mass is 19.1. The summed E-state index contributed by atoms with van der Waals surface area (Å²) < 4.78 is 24.4. The van der Waals surface area contributed by atoms with Crippen LogP contribution in [0.4, 0.5) is 15.8 Å². The lowest BCUT2D eigenvalue weighted by Crippen LogP contribution is -2.14. The van der Waals surface area contributed by atoms with Gasteiger partial charge in [-0.05, 0) is 49.4 Å². The lowest BCUT2D eigenvalue weighted by molar-refractivity contribution is 0.0995. The number of pyridine rings is 1. The second-order valence-corrected chi connectivity index (χ2v) is 6.76. The van der Waals surface area contributed by atoms with Crippen LogP contribution in [0.5, 0.6) is 5.75 Å². The number of hydrogen-bond donors (Lipinski definition) is 2. The van der Waals surface area contributed by atoms with E-state index in [2.05, 4.69) is 15.6 Å². The first-order valence-corrected chi connectivity index (χ1v) is 9.35. The van der Waals surface area contributed by atoms with E-state index in [0.29, 0.717) is 39.2 Å². The molecule has 0 atom stereocenters. The first-order valence-electron chi connectivity index (χ1n) is 9.35. The number of carbonyl (C=O) groups is 2. The SMILES string of the molecule is COc1cc(NC(=O)c2oc3ccc(F)cc3c2C)ccc1NC(=O)c1cccnc1. The van der Waals surface area contributed by atoms with Gasteiger partial charge in [0.15, 0.2) is 5.76 Å². The number of methoxy groups -OCH3 is 1. The second-order valence-electron chi connectivity index (χ2n) is 6.76. The number of fused-ring (bicyclic) bond motifs is 1. The summed E-state index contributed by atoms with van der Waals surface area (Å²) in [4.78, 5) is 29.0. The smallest absolute Gasteiger partial charge is 0.291 e. The van der Waals surface area contributed by atoms with Crippen molar-refractivity contribution in [2.24, 2.45) is 0 Å². The zero-order valence-corrected chi connectivity index (χ0v) is 16.7. The first kappa shape index (κ1) is 20.1. The van der Waals surface area contributed by atoms with Gasteiger partial charge in [-0.2, -0.15) is 0 Å². The van der Waals surface area contributed by atoms with E-state index in [1.54, 1.807) is 43.5 Å². The molecule has 156 valence electrons. The first-order chi connectivity index (χ1) is 15.0. The Hall–Kier alpha value is -4.20. The number of rotatable bonds is 5. The summed E-state index contributed by atoms with van der Waals surface area (Å²) in [6, 6.07) is 12.2. The number of ether oxygens (including phenoxy) is 1. The molecule has 4 aromatic rings. The van der Waals surface area contributed by atoms with Crippen molar-refractivity contribution in [2.75, 3.05) is 17.7 Å². The van der Waals surface area contributed by atoms with E-state index in [1.165, 1.54) is 31.5 Å². The summed E-state index contributed by atoms with van der Waals surface area (Å²) >= 11 is 0. The van der Waals surface area contributed by atoms with Crippen molar-refractivity contribution in [3.63, 3.8) is 0 Å². The molecule has 0 aliphatic rings. The topological polar surface area (TPSA) is 93.5 Å². The molecule has 2 aromatic heterocycles. The molecular weight excluding hydrogens is 401 g/mol. The number of anilines is 2. The van der Waals surface area contributed by atoms with Gasteiger partial charge in [0.05, 0.1) is 18.4 Å². The number of aryl methyl sites for hydroxylation is 1. The van der Waals surface area contributed by atoms with Gasteiger partial charge in [0, 0.05) is 35.1 Å². The molecule has 0 aliphatic heterocycles. The largest absolute Gasteiger partial charge is 0.494 e. The van der Waals surface area contributed by atoms with Crippen LogP contribution < -0.4 is 15.4 Å². The van der Waals surface area contributed by atoms with Gasteiger partial charge >= 0.3 is 0 Å². The molecular formula is C23H18FN3O4. The molecule has 0 unspecified atom stereocenters. The monoisotopic (exact) mass is 419 g/mol. The molecule has 0 aliphatic carbocycles. The number of carbonyl (C=O) groups excluding carboxylic acids is 2. The lowest BCUT2D eigenvalue weighted by Gasteiger charge is -2.12. The van der Waals surface area contributed by atoms with Crippen molar-refractivity contribution in [1.82, 2.24) is 4.98 Å². The van der Waals surface area contributed by atoms with E-state index >= 15 is 0 Å². The van der Waals surface area contributed by atoms with E-state index < -0.39 is 11.7 Å². The van der Waals surface area contributed by atoms with Crippen LogP contribution >= 0.6 is 0 Å². The summed E-state index contributed by atoms with van der Waals surface area (Å²) in [7, 11) is 1.46. The number of furan rings is 1. The fraction of sp³-hybridized carbons (Fsp3) is 0.0870. The van der Waals surface area contributed by atoms with Gasteiger partial charge in [0.25, 0.3) is 11.8 Å². The third-order valence-electron chi connectivity index (χ3n) is 4.74. The maximum Gasteiger partial charge on any atom is 0.291 e. The van der Waals surface area contributed by atoms with Crippen molar-refractivity contribution in [2.45, 2.75) is 6.92 Å². The molecule has 0 radical (unpaired) electrons. The second kappa shape index (κ2) is 8.27. The summed E-state index contributed by atoms with van der Waals surface area (Å²) in [5.74, 6) is -0.777. The van der Waals surface area contributed by atoms with Crippen LogP contribution in [-0.4, -0.2) is 23.9 Å². The van der Waals surface area contributed by atoms with Crippen LogP contribution in [0.25, 0.3) is 11.0 Å².